The predicted octanol–water partition coefficient (Wildman–Crippen LogP) is 5.34. The molecule has 28 heavy (non-hydrogen) atoms. The summed E-state index contributed by atoms with van der Waals surface area (Å²) in [6, 6.07) is 14.3. The second-order valence-electron chi connectivity index (χ2n) is 6.97. The lowest BCUT2D eigenvalue weighted by molar-refractivity contribution is -0.137. The van der Waals surface area contributed by atoms with E-state index in [4.69, 9.17) is 5.11 Å². The van der Waals surface area contributed by atoms with Crippen LogP contribution in [0.5, 0.6) is 0 Å². The highest BCUT2D eigenvalue weighted by Crippen LogP contribution is 2.31. The molecule has 146 valence electrons. The number of hydrogen-bond donors (Lipinski definition) is 2. The molecule has 0 aliphatic heterocycles. The molecule has 0 bridgehead atoms. The molecule has 2 N–H and O–H groups in total. The number of allylic oxidation sites excluding steroid dienone is 1. The highest BCUT2D eigenvalue weighted by atomic mass is 16.4. The summed E-state index contributed by atoms with van der Waals surface area (Å²) in [4.78, 5) is 23.0. The van der Waals surface area contributed by atoms with Gasteiger partial charge in [0.05, 0.1) is 0 Å². The first-order valence-corrected chi connectivity index (χ1v) is 9.72. The van der Waals surface area contributed by atoms with E-state index in [1.165, 1.54) is 10.9 Å². The van der Waals surface area contributed by atoms with Gasteiger partial charge in [0.15, 0.2) is 0 Å². The van der Waals surface area contributed by atoms with Crippen LogP contribution < -0.4 is 5.32 Å². The van der Waals surface area contributed by atoms with Gasteiger partial charge in [-0.2, -0.15) is 0 Å². The largest absolute Gasteiger partial charge is 0.481 e. The number of carbonyl (C=O) groups is 2. The van der Waals surface area contributed by atoms with Crippen molar-refractivity contribution in [3.63, 3.8) is 0 Å². The van der Waals surface area contributed by atoms with Gasteiger partial charge in [0.1, 0.15) is 0 Å². The fourth-order valence-electron chi connectivity index (χ4n) is 3.53. The number of fused-ring (bicyclic) bond motifs is 3. The summed E-state index contributed by atoms with van der Waals surface area (Å²) in [5.74, 6) is -0.907. The monoisotopic (exact) mass is 378 g/mol. The standard InChI is InChI=1S/C23H26N2O3/c1-3-25-20-11-8-7-10-18(20)19-15-17(13-14-21(19)25)24-23(28)16(2)9-5-4-6-12-22(26)27/h7-11,13-15H,3-6,12H2,1-2H3,(H,24,28)(H,26,27). The Hall–Kier alpha value is -3.08. The Morgan fingerprint density at radius 3 is 2.57 bits per heavy atom. The summed E-state index contributed by atoms with van der Waals surface area (Å²) in [7, 11) is 0. The van der Waals surface area contributed by atoms with Crippen LogP contribution in [0.1, 0.15) is 39.5 Å². The summed E-state index contributed by atoms with van der Waals surface area (Å²) in [6.07, 6.45) is 4.14. The van der Waals surface area contributed by atoms with Gasteiger partial charge in [-0.3, -0.25) is 9.59 Å². The molecule has 1 aromatic heterocycles. The Morgan fingerprint density at radius 2 is 1.82 bits per heavy atom. The van der Waals surface area contributed by atoms with Crippen LogP contribution in [-0.2, 0) is 16.1 Å². The molecule has 0 aliphatic rings. The van der Waals surface area contributed by atoms with E-state index in [0.717, 1.165) is 29.6 Å². The number of aryl methyl sites for hydroxylation is 1. The van der Waals surface area contributed by atoms with E-state index in [-0.39, 0.29) is 12.3 Å². The molecule has 1 heterocycles. The van der Waals surface area contributed by atoms with Crippen LogP contribution in [0.25, 0.3) is 21.8 Å². The minimum absolute atomic E-state index is 0.128. The smallest absolute Gasteiger partial charge is 0.303 e. The van der Waals surface area contributed by atoms with E-state index >= 15 is 0 Å². The molecule has 0 aliphatic carbocycles. The van der Waals surface area contributed by atoms with Crippen molar-refractivity contribution in [2.24, 2.45) is 0 Å². The number of anilines is 1. The molecule has 0 saturated heterocycles. The van der Waals surface area contributed by atoms with Gasteiger partial charge in [-0.25, -0.2) is 0 Å². The van der Waals surface area contributed by atoms with Crippen LogP contribution in [0.2, 0.25) is 0 Å². The number of nitrogens with one attached hydrogen (secondary N) is 1. The Balaban J connectivity index is 1.74. The molecule has 3 rings (SSSR count). The van der Waals surface area contributed by atoms with Gasteiger partial charge in [0.2, 0.25) is 0 Å². The van der Waals surface area contributed by atoms with Gasteiger partial charge in [-0.1, -0.05) is 24.3 Å². The van der Waals surface area contributed by atoms with Crippen molar-refractivity contribution in [2.75, 3.05) is 5.32 Å². The summed E-state index contributed by atoms with van der Waals surface area (Å²) >= 11 is 0. The van der Waals surface area contributed by atoms with Gasteiger partial charge >= 0.3 is 5.97 Å². The fraction of sp³-hybridized carbons (Fsp3) is 0.304. The molecule has 0 spiro atoms. The van der Waals surface area contributed by atoms with Crippen LogP contribution in [-0.4, -0.2) is 21.6 Å². The van der Waals surface area contributed by atoms with Gasteiger partial charge in [-0.15, -0.1) is 0 Å². The number of rotatable bonds is 8. The molecule has 5 nitrogen and oxygen atoms in total. The molecular weight excluding hydrogens is 352 g/mol. The molecule has 0 atom stereocenters. The molecule has 5 heteroatoms. The number of unbranched alkanes of at least 4 members (excludes halogenated alkanes) is 2. The normalized spacial score (nSPS) is 11.9. The molecular formula is C23H26N2O3. The van der Waals surface area contributed by atoms with Crippen molar-refractivity contribution in [3.8, 4) is 0 Å². The lowest BCUT2D eigenvalue weighted by Crippen LogP contribution is -2.12. The topological polar surface area (TPSA) is 71.3 Å². The lowest BCUT2D eigenvalue weighted by Gasteiger charge is -2.07. The third-order valence-corrected chi connectivity index (χ3v) is 5.00. The van der Waals surface area contributed by atoms with Gasteiger partial charge in [-0.05, 0) is 57.4 Å². The number of carboxylic acids is 1. The Morgan fingerprint density at radius 1 is 1.07 bits per heavy atom. The van der Waals surface area contributed by atoms with E-state index < -0.39 is 5.97 Å². The van der Waals surface area contributed by atoms with Gasteiger partial charge in [0.25, 0.3) is 5.91 Å². The Kier molecular flexibility index (Phi) is 6.14. The average Bonchev–Trinajstić information content (AvgIpc) is 3.00. The van der Waals surface area contributed by atoms with E-state index in [2.05, 4.69) is 35.0 Å². The van der Waals surface area contributed by atoms with Crippen molar-refractivity contribution >= 4 is 39.4 Å². The first-order chi connectivity index (χ1) is 13.5. The lowest BCUT2D eigenvalue weighted by atomic mass is 10.1. The third-order valence-electron chi connectivity index (χ3n) is 5.00. The number of amides is 1. The zero-order valence-corrected chi connectivity index (χ0v) is 16.4. The average molecular weight is 378 g/mol. The first-order valence-electron chi connectivity index (χ1n) is 9.72. The second-order valence-corrected chi connectivity index (χ2v) is 6.97. The second kappa shape index (κ2) is 8.74. The number of nitrogens with zero attached hydrogens (tertiary/aromatic N) is 1. The van der Waals surface area contributed by atoms with Gasteiger partial charge in [0, 0.05) is 46.0 Å². The summed E-state index contributed by atoms with van der Waals surface area (Å²) in [5, 5.41) is 13.9. The van der Waals surface area contributed by atoms with Crippen molar-refractivity contribution in [1.82, 2.24) is 4.57 Å². The maximum Gasteiger partial charge on any atom is 0.303 e. The Bertz CT molecular complexity index is 1050. The fourth-order valence-corrected chi connectivity index (χ4v) is 3.53. The minimum atomic E-state index is -0.779. The molecule has 0 saturated carbocycles. The summed E-state index contributed by atoms with van der Waals surface area (Å²) in [6.45, 7) is 4.81. The molecule has 1 amide bonds. The maximum absolute atomic E-state index is 12.5. The first kappa shape index (κ1) is 19.7. The van der Waals surface area contributed by atoms with Gasteiger partial charge < -0.3 is 15.0 Å². The maximum atomic E-state index is 12.5. The van der Waals surface area contributed by atoms with Crippen molar-refractivity contribution in [3.05, 3.63) is 54.1 Å². The van der Waals surface area contributed by atoms with E-state index in [9.17, 15) is 9.59 Å². The number of aromatic nitrogens is 1. The number of para-hydroxylation sites is 1. The Labute approximate surface area is 164 Å². The van der Waals surface area contributed by atoms with Crippen LogP contribution in [0, 0.1) is 0 Å². The van der Waals surface area contributed by atoms with Crippen LogP contribution in [0.4, 0.5) is 5.69 Å². The zero-order chi connectivity index (χ0) is 20.1. The number of hydrogen-bond acceptors (Lipinski definition) is 2. The quantitative estimate of drug-likeness (QED) is 0.410. The number of carbonyl (C=O) groups excluding carboxylic acids is 1. The van der Waals surface area contributed by atoms with Crippen LogP contribution >= 0.6 is 0 Å². The van der Waals surface area contributed by atoms with Crippen molar-refractivity contribution < 1.29 is 14.7 Å². The van der Waals surface area contributed by atoms with Crippen LogP contribution in [0.15, 0.2) is 54.1 Å². The number of benzene rings is 2. The van der Waals surface area contributed by atoms with Crippen molar-refractivity contribution in [1.29, 1.82) is 0 Å². The predicted molar refractivity (Wildman–Crippen MR) is 114 cm³/mol. The molecule has 3 aromatic rings. The summed E-state index contributed by atoms with van der Waals surface area (Å²) in [5.41, 5.74) is 3.77. The highest BCUT2D eigenvalue weighted by Gasteiger charge is 2.11. The summed E-state index contributed by atoms with van der Waals surface area (Å²) < 4.78 is 2.28. The molecule has 2 aromatic carbocycles. The third kappa shape index (κ3) is 4.25. The van der Waals surface area contributed by atoms with E-state index in [1.807, 2.05) is 30.3 Å². The van der Waals surface area contributed by atoms with E-state index in [0.29, 0.717) is 18.4 Å². The number of carboxylic acid groups (broad SMARTS) is 1. The highest BCUT2D eigenvalue weighted by molar-refractivity contribution is 6.10. The zero-order valence-electron chi connectivity index (χ0n) is 16.4. The SMILES string of the molecule is CCn1c2ccccc2c2cc(NC(=O)C(C)=CCCCCC(=O)O)ccc21. The molecule has 0 radical (unpaired) electrons. The molecule has 0 unspecified atom stereocenters. The molecule has 0 fully saturated rings. The van der Waals surface area contributed by atoms with Crippen LogP contribution in [0.3, 0.4) is 0 Å². The minimum Gasteiger partial charge on any atom is -0.481 e. The van der Waals surface area contributed by atoms with E-state index in [1.54, 1.807) is 6.92 Å². The number of aliphatic carboxylic acids is 1. The van der Waals surface area contributed by atoms with Crippen molar-refractivity contribution in [2.45, 2.75) is 46.1 Å².